The Hall–Kier alpha value is -2.11. The highest BCUT2D eigenvalue weighted by Gasteiger charge is 2.48. The van der Waals surface area contributed by atoms with Crippen LogP contribution < -0.4 is 5.32 Å². The van der Waals surface area contributed by atoms with Gasteiger partial charge in [0.25, 0.3) is 23.7 Å². The second kappa shape index (κ2) is 3.26. The number of rotatable bonds is 1. The highest BCUT2D eigenvalue weighted by molar-refractivity contribution is 6.28. The molecular weight excluding hydrogens is 240 g/mol. The summed E-state index contributed by atoms with van der Waals surface area (Å²) in [6, 6.07) is 0. The van der Waals surface area contributed by atoms with E-state index in [-0.39, 0.29) is 12.1 Å². The van der Waals surface area contributed by atoms with Crippen LogP contribution in [0.15, 0.2) is 26.8 Å². The number of nitrogens with zero attached hydrogens (tertiary/aromatic N) is 5. The number of nitrogens with one attached hydrogen (secondary N) is 1. The molecule has 19 heavy (non-hydrogen) atoms. The lowest BCUT2D eigenvalue weighted by molar-refractivity contribution is -0.600. The number of fused-ring (bicyclic) bond motifs is 1. The maximum Gasteiger partial charge on any atom is 0.299 e. The van der Waals surface area contributed by atoms with Crippen molar-refractivity contribution in [2.45, 2.75) is 33.9 Å². The number of hydrogen-bond donors (Lipinski definition) is 1. The van der Waals surface area contributed by atoms with E-state index in [1.807, 2.05) is 25.5 Å². The molecule has 0 bridgehead atoms. The molecule has 0 aromatic rings. The van der Waals surface area contributed by atoms with E-state index in [0.29, 0.717) is 0 Å². The zero-order valence-corrected chi connectivity index (χ0v) is 11.5. The van der Waals surface area contributed by atoms with Gasteiger partial charge in [0.1, 0.15) is 5.92 Å². The molecular formula is C13H16N6+2. The van der Waals surface area contributed by atoms with E-state index in [1.54, 1.807) is 0 Å². The van der Waals surface area contributed by atoms with Gasteiger partial charge in [-0.25, -0.2) is 5.32 Å². The second-order valence-electron chi connectivity index (χ2n) is 5.35. The zero-order chi connectivity index (χ0) is 13.3. The molecule has 0 fully saturated rings. The smallest absolute Gasteiger partial charge is 0.234 e. The van der Waals surface area contributed by atoms with Gasteiger partial charge in [-0.1, -0.05) is 20.9 Å². The quantitative estimate of drug-likeness (QED) is 0.683. The summed E-state index contributed by atoms with van der Waals surface area (Å²) in [6.07, 6.45) is 2.51. The second-order valence-corrected chi connectivity index (χ2v) is 5.35. The van der Waals surface area contributed by atoms with E-state index in [9.17, 15) is 0 Å². The van der Waals surface area contributed by atoms with Crippen LogP contribution in [0.5, 0.6) is 0 Å². The largest absolute Gasteiger partial charge is 0.299 e. The van der Waals surface area contributed by atoms with Crippen LogP contribution in [0, 0.1) is 5.92 Å². The third kappa shape index (κ3) is 1.23. The van der Waals surface area contributed by atoms with Crippen LogP contribution >= 0.6 is 0 Å². The highest BCUT2D eigenvalue weighted by Crippen LogP contribution is 2.27. The van der Waals surface area contributed by atoms with Gasteiger partial charge in [-0.2, -0.15) is 0 Å². The number of amidine groups is 3. The standard InChI is InChI=1S/C13H15N6/c1-6-10(12-14-8(3)18(12)16-6)5-11-7(2)17-19-9(4)15-13(11)19/h5,10,12H,1-4H3/q+1/p+1. The molecule has 0 spiro atoms. The van der Waals surface area contributed by atoms with E-state index < -0.39 is 0 Å². The summed E-state index contributed by atoms with van der Waals surface area (Å²) in [4.78, 5) is 4.46. The molecule has 0 saturated carbocycles. The van der Waals surface area contributed by atoms with Crippen molar-refractivity contribution in [1.82, 2.24) is 5.32 Å². The minimum atomic E-state index is 0.264. The van der Waals surface area contributed by atoms with Crippen LogP contribution in [-0.4, -0.2) is 44.5 Å². The molecule has 0 aromatic carbocycles. The Labute approximate surface area is 111 Å². The summed E-state index contributed by atoms with van der Waals surface area (Å²) >= 11 is 0. The fraction of sp³-hybridized carbons (Fsp3) is 0.462. The summed E-state index contributed by atoms with van der Waals surface area (Å²) < 4.78 is 3.96. The lowest BCUT2D eigenvalue weighted by Crippen LogP contribution is -2.56. The molecule has 0 aliphatic carbocycles. The molecule has 4 rings (SSSR count). The summed E-state index contributed by atoms with van der Waals surface area (Å²) in [7, 11) is 0. The van der Waals surface area contributed by atoms with Crippen molar-refractivity contribution in [3.8, 4) is 0 Å². The fourth-order valence-electron chi connectivity index (χ4n) is 2.93. The molecule has 0 aromatic heterocycles. The summed E-state index contributed by atoms with van der Waals surface area (Å²) in [5, 5.41) is 12.5. The SMILES string of the molecule is CC1=N[N+]2=C(N=C2C)C1=CC1C(C)=N[N+]2=C(C)NC12. The zero-order valence-electron chi connectivity index (χ0n) is 11.5. The van der Waals surface area contributed by atoms with Crippen molar-refractivity contribution in [2.75, 3.05) is 0 Å². The first-order valence-corrected chi connectivity index (χ1v) is 6.51. The predicted octanol–water partition coefficient (Wildman–Crippen LogP) is 0.511. The first-order valence-electron chi connectivity index (χ1n) is 6.51. The summed E-state index contributed by atoms with van der Waals surface area (Å²) in [5.74, 6) is 3.34. The van der Waals surface area contributed by atoms with Crippen LogP contribution in [0.2, 0.25) is 0 Å². The Morgan fingerprint density at radius 1 is 1.16 bits per heavy atom. The molecule has 6 heteroatoms. The van der Waals surface area contributed by atoms with Crippen molar-refractivity contribution in [1.29, 1.82) is 0 Å². The van der Waals surface area contributed by atoms with Crippen molar-refractivity contribution in [3.05, 3.63) is 11.6 Å². The Kier molecular flexibility index (Phi) is 1.85. The van der Waals surface area contributed by atoms with E-state index in [0.717, 1.165) is 34.5 Å². The molecule has 4 aliphatic heterocycles. The lowest BCUT2D eigenvalue weighted by atomic mass is 9.95. The Balaban J connectivity index is 1.70. The van der Waals surface area contributed by atoms with Gasteiger partial charge in [-0.15, -0.1) is 9.79 Å². The van der Waals surface area contributed by atoms with Crippen molar-refractivity contribution in [3.63, 3.8) is 0 Å². The first-order chi connectivity index (χ1) is 9.06. The van der Waals surface area contributed by atoms with Gasteiger partial charge in [0.05, 0.1) is 17.0 Å². The molecule has 4 heterocycles. The average molecular weight is 256 g/mol. The van der Waals surface area contributed by atoms with E-state index in [1.165, 1.54) is 0 Å². The molecule has 96 valence electrons. The van der Waals surface area contributed by atoms with E-state index in [2.05, 4.69) is 38.2 Å². The fourth-order valence-corrected chi connectivity index (χ4v) is 2.93. The number of hydrogen-bond acceptors (Lipinski definition) is 4. The number of hydrazone groups is 2. The van der Waals surface area contributed by atoms with Crippen molar-refractivity contribution >= 4 is 28.9 Å². The van der Waals surface area contributed by atoms with Gasteiger partial charge >= 0.3 is 0 Å². The molecule has 0 amide bonds. The van der Waals surface area contributed by atoms with Crippen LogP contribution in [-0.2, 0) is 0 Å². The Bertz CT molecular complexity index is 701. The normalized spacial score (nSPS) is 33.3. The van der Waals surface area contributed by atoms with Gasteiger partial charge in [-0.05, 0) is 13.8 Å². The number of aliphatic imine (C=N–C) groups is 1. The van der Waals surface area contributed by atoms with Gasteiger partial charge in [-0.3, -0.25) is 0 Å². The minimum absolute atomic E-state index is 0.264. The van der Waals surface area contributed by atoms with E-state index in [4.69, 9.17) is 0 Å². The minimum Gasteiger partial charge on any atom is -0.234 e. The van der Waals surface area contributed by atoms with Gasteiger partial charge in [0.2, 0.25) is 0 Å². The van der Waals surface area contributed by atoms with Crippen LogP contribution in [0.1, 0.15) is 27.7 Å². The molecule has 6 nitrogen and oxygen atoms in total. The van der Waals surface area contributed by atoms with Gasteiger partial charge in [0, 0.05) is 13.8 Å². The molecule has 1 N–H and O–H groups in total. The maximum atomic E-state index is 4.57. The van der Waals surface area contributed by atoms with E-state index >= 15 is 0 Å². The monoisotopic (exact) mass is 256 g/mol. The van der Waals surface area contributed by atoms with Crippen molar-refractivity contribution < 1.29 is 9.37 Å². The third-order valence-corrected chi connectivity index (χ3v) is 4.05. The highest BCUT2D eigenvalue weighted by atomic mass is 15.6. The van der Waals surface area contributed by atoms with Crippen LogP contribution in [0.25, 0.3) is 0 Å². The Morgan fingerprint density at radius 2 is 1.95 bits per heavy atom. The molecule has 0 radical (unpaired) electrons. The predicted molar refractivity (Wildman–Crippen MR) is 74.0 cm³/mol. The maximum absolute atomic E-state index is 4.57. The Morgan fingerprint density at radius 3 is 2.53 bits per heavy atom. The van der Waals surface area contributed by atoms with Crippen LogP contribution in [0.4, 0.5) is 0 Å². The average Bonchev–Trinajstić information content (AvgIpc) is 2.76. The summed E-state index contributed by atoms with van der Waals surface area (Å²) in [5.41, 5.74) is 3.30. The topological polar surface area (TPSA) is 55.1 Å². The molecule has 4 aliphatic rings. The summed E-state index contributed by atoms with van der Waals surface area (Å²) in [6.45, 7) is 8.12. The van der Waals surface area contributed by atoms with Gasteiger partial charge < -0.3 is 0 Å². The van der Waals surface area contributed by atoms with Crippen LogP contribution in [0.3, 0.4) is 0 Å². The third-order valence-electron chi connectivity index (χ3n) is 4.05. The van der Waals surface area contributed by atoms with Crippen molar-refractivity contribution in [2.24, 2.45) is 21.1 Å². The lowest BCUT2D eigenvalue weighted by Gasteiger charge is -2.21. The van der Waals surface area contributed by atoms with Gasteiger partial charge in [0.15, 0.2) is 0 Å². The first kappa shape index (κ1) is 10.8. The molecule has 0 saturated heterocycles. The molecule has 2 unspecified atom stereocenters. The molecule has 2 atom stereocenters.